The van der Waals surface area contributed by atoms with E-state index in [0.29, 0.717) is 19.8 Å². The van der Waals surface area contributed by atoms with Crippen molar-refractivity contribution in [2.75, 3.05) is 33.4 Å². The molecule has 1 aliphatic rings. The van der Waals surface area contributed by atoms with Gasteiger partial charge in [-0.2, -0.15) is 0 Å². The van der Waals surface area contributed by atoms with Crippen molar-refractivity contribution in [3.8, 4) is 0 Å². The van der Waals surface area contributed by atoms with E-state index in [1.807, 2.05) is 13.1 Å². The summed E-state index contributed by atoms with van der Waals surface area (Å²) < 4.78 is 18.5. The first-order chi connectivity index (χ1) is 9.13. The first kappa shape index (κ1) is 14.4. The summed E-state index contributed by atoms with van der Waals surface area (Å²) in [6, 6.07) is 6.67. The molecule has 0 amide bonds. The standard InChI is InChI=1S/C15H22FNO2/c1-17(10-13-3-2-4-14(16)9-13)11-15(12-18)5-7-19-8-6-15/h2-4,9,18H,5-8,10-12H2,1H3. The third kappa shape index (κ3) is 4.00. The van der Waals surface area contributed by atoms with Gasteiger partial charge in [0.25, 0.3) is 0 Å². The predicted molar refractivity (Wildman–Crippen MR) is 72.3 cm³/mol. The van der Waals surface area contributed by atoms with Gasteiger partial charge >= 0.3 is 0 Å². The van der Waals surface area contributed by atoms with Crippen molar-refractivity contribution in [2.45, 2.75) is 19.4 Å². The van der Waals surface area contributed by atoms with Crippen molar-refractivity contribution in [1.29, 1.82) is 0 Å². The number of rotatable bonds is 5. The number of nitrogens with zero attached hydrogens (tertiary/aromatic N) is 1. The maximum absolute atomic E-state index is 13.1. The molecule has 1 N–H and O–H groups in total. The summed E-state index contributed by atoms with van der Waals surface area (Å²) in [5, 5.41) is 9.66. The predicted octanol–water partition coefficient (Wildman–Crippen LogP) is 2.05. The zero-order valence-corrected chi connectivity index (χ0v) is 11.4. The Hall–Kier alpha value is -0.970. The molecule has 4 heteroatoms. The second-order valence-corrected chi connectivity index (χ2v) is 5.57. The molecule has 1 aromatic rings. The normalized spacial score (nSPS) is 18.7. The quantitative estimate of drug-likeness (QED) is 0.886. The highest BCUT2D eigenvalue weighted by Gasteiger charge is 2.33. The van der Waals surface area contributed by atoms with Gasteiger partial charge in [-0.05, 0) is 37.6 Å². The lowest BCUT2D eigenvalue weighted by Crippen LogP contribution is -2.42. The third-order valence-electron chi connectivity index (χ3n) is 3.84. The maximum atomic E-state index is 13.1. The van der Waals surface area contributed by atoms with Crippen molar-refractivity contribution in [2.24, 2.45) is 5.41 Å². The van der Waals surface area contributed by atoms with Gasteiger partial charge in [0.15, 0.2) is 0 Å². The highest BCUT2D eigenvalue weighted by Crippen LogP contribution is 2.31. The molecule has 1 fully saturated rings. The average Bonchev–Trinajstić information content (AvgIpc) is 2.39. The van der Waals surface area contributed by atoms with E-state index in [1.165, 1.54) is 6.07 Å². The molecule has 1 saturated heterocycles. The SMILES string of the molecule is CN(Cc1cccc(F)c1)CC1(CO)CCOCC1. The molecule has 0 aliphatic carbocycles. The van der Waals surface area contributed by atoms with Crippen LogP contribution in [0.5, 0.6) is 0 Å². The lowest BCUT2D eigenvalue weighted by molar-refractivity contribution is -0.0318. The molecule has 0 atom stereocenters. The van der Waals surface area contributed by atoms with Crippen molar-refractivity contribution in [3.05, 3.63) is 35.6 Å². The van der Waals surface area contributed by atoms with E-state index < -0.39 is 0 Å². The molecular weight excluding hydrogens is 245 g/mol. The Morgan fingerprint density at radius 2 is 2.11 bits per heavy atom. The fourth-order valence-corrected chi connectivity index (χ4v) is 2.75. The first-order valence-electron chi connectivity index (χ1n) is 6.75. The molecule has 19 heavy (non-hydrogen) atoms. The molecule has 0 unspecified atom stereocenters. The largest absolute Gasteiger partial charge is 0.396 e. The second kappa shape index (κ2) is 6.46. The number of aliphatic hydroxyl groups excluding tert-OH is 1. The van der Waals surface area contributed by atoms with Gasteiger partial charge in [-0.3, -0.25) is 0 Å². The van der Waals surface area contributed by atoms with E-state index in [4.69, 9.17) is 4.74 Å². The van der Waals surface area contributed by atoms with E-state index in [0.717, 1.165) is 24.9 Å². The van der Waals surface area contributed by atoms with E-state index in [1.54, 1.807) is 12.1 Å². The monoisotopic (exact) mass is 267 g/mol. The van der Waals surface area contributed by atoms with Crippen molar-refractivity contribution < 1.29 is 14.2 Å². The van der Waals surface area contributed by atoms with Gasteiger partial charge in [-0.25, -0.2) is 4.39 Å². The van der Waals surface area contributed by atoms with Crippen LogP contribution in [0.15, 0.2) is 24.3 Å². The van der Waals surface area contributed by atoms with Crippen molar-refractivity contribution >= 4 is 0 Å². The van der Waals surface area contributed by atoms with Crippen LogP contribution in [-0.2, 0) is 11.3 Å². The summed E-state index contributed by atoms with van der Waals surface area (Å²) in [4.78, 5) is 2.15. The minimum absolute atomic E-state index is 0.0691. The lowest BCUT2D eigenvalue weighted by Gasteiger charge is -2.38. The van der Waals surface area contributed by atoms with Gasteiger partial charge in [0, 0.05) is 31.7 Å². The van der Waals surface area contributed by atoms with E-state index in [9.17, 15) is 9.50 Å². The first-order valence-corrected chi connectivity index (χ1v) is 6.75. The fraction of sp³-hybridized carbons (Fsp3) is 0.600. The molecule has 0 bridgehead atoms. The number of aliphatic hydroxyl groups is 1. The summed E-state index contributed by atoms with van der Waals surface area (Å²) in [7, 11) is 2.01. The number of hydrogen-bond donors (Lipinski definition) is 1. The van der Waals surface area contributed by atoms with Crippen LogP contribution < -0.4 is 0 Å². The molecule has 0 aromatic heterocycles. The molecule has 3 nitrogen and oxygen atoms in total. The van der Waals surface area contributed by atoms with Crippen LogP contribution in [0, 0.1) is 11.2 Å². The van der Waals surface area contributed by atoms with Gasteiger partial charge in [0.1, 0.15) is 5.82 Å². The Morgan fingerprint density at radius 3 is 2.74 bits per heavy atom. The molecule has 2 rings (SSSR count). The zero-order valence-electron chi connectivity index (χ0n) is 11.4. The Labute approximate surface area is 114 Å². The maximum Gasteiger partial charge on any atom is 0.123 e. The molecule has 1 aromatic carbocycles. The minimum atomic E-state index is -0.200. The molecule has 0 radical (unpaired) electrons. The molecule has 1 heterocycles. The van der Waals surface area contributed by atoms with Gasteiger partial charge in [0.2, 0.25) is 0 Å². The minimum Gasteiger partial charge on any atom is -0.396 e. The van der Waals surface area contributed by atoms with Gasteiger partial charge < -0.3 is 14.7 Å². The highest BCUT2D eigenvalue weighted by atomic mass is 19.1. The van der Waals surface area contributed by atoms with E-state index in [-0.39, 0.29) is 17.8 Å². The average molecular weight is 267 g/mol. The summed E-state index contributed by atoms with van der Waals surface area (Å²) in [5.41, 5.74) is 0.892. The van der Waals surface area contributed by atoms with Crippen LogP contribution in [-0.4, -0.2) is 43.4 Å². The summed E-state index contributed by atoms with van der Waals surface area (Å²) in [6.45, 7) is 3.12. The van der Waals surface area contributed by atoms with Crippen LogP contribution in [0.4, 0.5) is 4.39 Å². The van der Waals surface area contributed by atoms with Gasteiger partial charge in [0.05, 0.1) is 6.61 Å². The van der Waals surface area contributed by atoms with Crippen LogP contribution in [0.3, 0.4) is 0 Å². The van der Waals surface area contributed by atoms with Crippen LogP contribution >= 0.6 is 0 Å². The zero-order chi connectivity index (χ0) is 13.7. The lowest BCUT2D eigenvalue weighted by atomic mass is 9.80. The van der Waals surface area contributed by atoms with Gasteiger partial charge in [-0.1, -0.05) is 12.1 Å². The Kier molecular flexibility index (Phi) is 4.91. The molecule has 1 aliphatic heterocycles. The molecular formula is C15H22FNO2. The number of halogens is 1. The van der Waals surface area contributed by atoms with E-state index >= 15 is 0 Å². The van der Waals surface area contributed by atoms with E-state index in [2.05, 4.69) is 4.90 Å². The Balaban J connectivity index is 1.94. The highest BCUT2D eigenvalue weighted by molar-refractivity contribution is 5.16. The topological polar surface area (TPSA) is 32.7 Å². The number of hydrogen-bond acceptors (Lipinski definition) is 3. The summed E-state index contributed by atoms with van der Waals surface area (Å²) in [5.74, 6) is -0.200. The van der Waals surface area contributed by atoms with Crippen LogP contribution in [0.25, 0.3) is 0 Å². The van der Waals surface area contributed by atoms with Gasteiger partial charge in [-0.15, -0.1) is 0 Å². The van der Waals surface area contributed by atoms with Crippen LogP contribution in [0.1, 0.15) is 18.4 Å². The van der Waals surface area contributed by atoms with Crippen molar-refractivity contribution in [1.82, 2.24) is 4.90 Å². The Bertz CT molecular complexity index is 405. The smallest absolute Gasteiger partial charge is 0.123 e. The van der Waals surface area contributed by atoms with Crippen molar-refractivity contribution in [3.63, 3.8) is 0 Å². The number of benzene rings is 1. The van der Waals surface area contributed by atoms with Crippen LogP contribution in [0.2, 0.25) is 0 Å². The third-order valence-corrected chi connectivity index (χ3v) is 3.84. The molecule has 0 spiro atoms. The second-order valence-electron chi connectivity index (χ2n) is 5.57. The fourth-order valence-electron chi connectivity index (χ4n) is 2.75. The molecule has 106 valence electrons. The summed E-state index contributed by atoms with van der Waals surface area (Å²) >= 11 is 0. The molecule has 0 saturated carbocycles. The number of ether oxygens (including phenoxy) is 1. The Morgan fingerprint density at radius 1 is 1.37 bits per heavy atom. The summed E-state index contributed by atoms with van der Waals surface area (Å²) in [6.07, 6.45) is 1.77.